The number of rotatable bonds is 5. The van der Waals surface area contributed by atoms with Crippen LogP contribution < -0.4 is 5.32 Å². The van der Waals surface area contributed by atoms with Gasteiger partial charge in [0.2, 0.25) is 5.91 Å². The highest BCUT2D eigenvalue weighted by Crippen LogP contribution is 2.40. The van der Waals surface area contributed by atoms with E-state index < -0.39 is 0 Å². The number of nitrogens with zero attached hydrogens (tertiary/aromatic N) is 2. The van der Waals surface area contributed by atoms with Gasteiger partial charge in [-0.1, -0.05) is 43.2 Å². The maximum Gasteiger partial charge on any atom is 0.338 e. The molecule has 1 aromatic carbocycles. The van der Waals surface area contributed by atoms with Crippen LogP contribution in [0, 0.1) is 5.92 Å². The van der Waals surface area contributed by atoms with Gasteiger partial charge >= 0.3 is 5.97 Å². The Kier molecular flexibility index (Phi) is 7.00. The summed E-state index contributed by atoms with van der Waals surface area (Å²) < 4.78 is 5.39. The van der Waals surface area contributed by atoms with Crippen molar-refractivity contribution in [2.45, 2.75) is 58.4 Å². The van der Waals surface area contributed by atoms with E-state index in [1.54, 1.807) is 11.8 Å². The molecule has 1 aromatic rings. The van der Waals surface area contributed by atoms with Crippen molar-refractivity contribution in [3.05, 3.63) is 41.1 Å². The number of hydrogen-bond acceptors (Lipinski definition) is 6. The van der Waals surface area contributed by atoms with E-state index in [4.69, 9.17) is 9.73 Å². The van der Waals surface area contributed by atoms with Gasteiger partial charge in [0, 0.05) is 23.9 Å². The summed E-state index contributed by atoms with van der Waals surface area (Å²) in [5.41, 5.74) is 3.05. The van der Waals surface area contributed by atoms with Crippen LogP contribution in [0.3, 0.4) is 0 Å². The number of fused-ring (bicyclic) bond motifs is 1. The summed E-state index contributed by atoms with van der Waals surface area (Å²) in [6, 6.07) is 7.64. The van der Waals surface area contributed by atoms with Gasteiger partial charge in [-0.25, -0.2) is 9.79 Å². The van der Waals surface area contributed by atoms with Crippen LogP contribution in [0.25, 0.3) is 0 Å². The second-order valence-corrected chi connectivity index (χ2v) is 9.42. The van der Waals surface area contributed by atoms with E-state index in [1.165, 1.54) is 6.42 Å². The summed E-state index contributed by atoms with van der Waals surface area (Å²) in [6.07, 6.45) is 6.44. The normalized spacial score (nSPS) is 21.9. The van der Waals surface area contributed by atoms with E-state index in [9.17, 15) is 9.59 Å². The summed E-state index contributed by atoms with van der Waals surface area (Å²) >= 11 is 1.73. The monoisotopic (exact) mass is 441 g/mol. The number of carbonyl (C=O) groups is 2. The molecule has 1 aliphatic carbocycles. The van der Waals surface area contributed by atoms with E-state index in [0.717, 1.165) is 60.8 Å². The topological polar surface area (TPSA) is 71.0 Å². The molecule has 1 saturated carbocycles. The number of carbonyl (C=O) groups excluding carboxylic acids is 2. The molecular weight excluding hydrogens is 410 g/mol. The number of amidine groups is 1. The van der Waals surface area contributed by atoms with Crippen molar-refractivity contribution < 1.29 is 14.3 Å². The highest BCUT2D eigenvalue weighted by Gasteiger charge is 2.38. The average molecular weight is 442 g/mol. The molecule has 4 rings (SSSR count). The smallest absolute Gasteiger partial charge is 0.338 e. The zero-order valence-electron chi connectivity index (χ0n) is 18.4. The highest BCUT2D eigenvalue weighted by atomic mass is 32.2. The fourth-order valence-corrected chi connectivity index (χ4v) is 5.70. The van der Waals surface area contributed by atoms with E-state index in [2.05, 4.69) is 10.2 Å². The maximum atomic E-state index is 12.9. The second kappa shape index (κ2) is 9.90. The average Bonchev–Trinajstić information content (AvgIpc) is 2.79. The third-order valence-electron chi connectivity index (χ3n) is 6.20. The molecule has 2 aliphatic heterocycles. The highest BCUT2D eigenvalue weighted by molar-refractivity contribution is 8.13. The van der Waals surface area contributed by atoms with Gasteiger partial charge in [0.1, 0.15) is 0 Å². The van der Waals surface area contributed by atoms with Crippen molar-refractivity contribution in [2.24, 2.45) is 10.9 Å². The van der Waals surface area contributed by atoms with E-state index in [1.807, 2.05) is 38.1 Å². The Labute approximate surface area is 188 Å². The first-order valence-electron chi connectivity index (χ1n) is 11.4. The van der Waals surface area contributed by atoms with Gasteiger partial charge in [0.05, 0.1) is 23.9 Å². The number of allylic oxidation sites excluding steroid dienone is 1. The number of nitrogens with one attached hydrogen (secondary N) is 1. The molecule has 3 aliphatic rings. The summed E-state index contributed by atoms with van der Waals surface area (Å²) in [4.78, 5) is 32.6. The number of thioether (sulfide) groups is 1. The van der Waals surface area contributed by atoms with Crippen LogP contribution in [-0.4, -0.2) is 40.8 Å². The number of aliphatic imine (C=N–C) groups is 1. The zero-order chi connectivity index (χ0) is 21.8. The largest absolute Gasteiger partial charge is 0.463 e. The first kappa shape index (κ1) is 21.9. The fourth-order valence-electron chi connectivity index (χ4n) is 4.68. The molecule has 0 radical (unpaired) electrons. The van der Waals surface area contributed by atoms with Crippen LogP contribution in [-0.2, 0) is 14.3 Å². The Bertz CT molecular complexity index is 905. The quantitative estimate of drug-likeness (QED) is 0.659. The minimum absolute atomic E-state index is 0.0987. The van der Waals surface area contributed by atoms with Gasteiger partial charge in [-0.3, -0.25) is 4.79 Å². The van der Waals surface area contributed by atoms with Gasteiger partial charge in [0.15, 0.2) is 5.17 Å². The summed E-state index contributed by atoms with van der Waals surface area (Å²) in [5, 5.41) is 4.08. The van der Waals surface area contributed by atoms with Gasteiger partial charge in [-0.15, -0.1) is 0 Å². The van der Waals surface area contributed by atoms with Crippen LogP contribution >= 0.6 is 11.8 Å². The number of esters is 1. The van der Waals surface area contributed by atoms with Gasteiger partial charge < -0.3 is 15.0 Å². The van der Waals surface area contributed by atoms with Crippen LogP contribution in [0.5, 0.6) is 0 Å². The van der Waals surface area contributed by atoms with Gasteiger partial charge in [-0.05, 0) is 50.8 Å². The fraction of sp³-hybridized carbons (Fsp3) is 0.542. The minimum atomic E-state index is -0.319. The minimum Gasteiger partial charge on any atom is -0.463 e. The van der Waals surface area contributed by atoms with Crippen LogP contribution in [0.1, 0.15) is 64.0 Å². The third kappa shape index (κ3) is 4.81. The molecule has 1 saturated heterocycles. The molecule has 1 unspecified atom stereocenters. The Morgan fingerprint density at radius 3 is 2.81 bits per heavy atom. The molecule has 0 aromatic heterocycles. The van der Waals surface area contributed by atoms with Gasteiger partial charge in [-0.2, -0.15) is 0 Å². The molecule has 1 amide bonds. The first-order valence-corrected chi connectivity index (χ1v) is 12.3. The third-order valence-corrected chi connectivity index (χ3v) is 7.28. The lowest BCUT2D eigenvalue weighted by molar-refractivity contribution is -0.139. The summed E-state index contributed by atoms with van der Waals surface area (Å²) in [7, 11) is 0. The molecule has 2 fully saturated rings. The van der Waals surface area contributed by atoms with Crippen molar-refractivity contribution in [1.82, 2.24) is 4.90 Å². The predicted molar refractivity (Wildman–Crippen MR) is 125 cm³/mol. The lowest BCUT2D eigenvalue weighted by atomic mass is 9.88. The number of amides is 1. The van der Waals surface area contributed by atoms with Crippen molar-refractivity contribution >= 4 is 34.5 Å². The Balaban J connectivity index is 1.64. The van der Waals surface area contributed by atoms with E-state index >= 15 is 0 Å². The summed E-state index contributed by atoms with van der Waals surface area (Å²) in [5.74, 6) is 0.914. The Morgan fingerprint density at radius 2 is 2.03 bits per heavy atom. The number of hydrogen-bond donors (Lipinski definition) is 1. The van der Waals surface area contributed by atoms with Crippen molar-refractivity contribution in [2.75, 3.05) is 24.2 Å². The lowest BCUT2D eigenvalue weighted by Gasteiger charge is -2.40. The summed E-state index contributed by atoms with van der Waals surface area (Å²) in [6.45, 7) is 4.86. The number of benzene rings is 1. The van der Waals surface area contributed by atoms with Gasteiger partial charge in [0.25, 0.3) is 0 Å². The molecule has 31 heavy (non-hydrogen) atoms. The van der Waals surface area contributed by atoms with Crippen molar-refractivity contribution in [3.63, 3.8) is 0 Å². The molecule has 166 valence electrons. The molecule has 6 nitrogen and oxygen atoms in total. The van der Waals surface area contributed by atoms with Crippen LogP contribution in [0.2, 0.25) is 0 Å². The molecule has 0 spiro atoms. The number of anilines is 1. The molecule has 1 atom stereocenters. The molecule has 2 heterocycles. The number of ether oxygens (including phenoxy) is 1. The Hall–Kier alpha value is -2.28. The maximum absolute atomic E-state index is 12.9. The standard InChI is InChI=1S/C24H31N3O3S/c1-3-30-23(29)20-16(2)25-24-27(13-8-14-31-24)21(20)18-11-7-12-19(15-18)26-22(28)17-9-5-4-6-10-17/h7,11-12,15,17,21H,3-6,8-10,13-14H2,1-2H3,(H,26,28). The van der Waals surface area contributed by atoms with Crippen molar-refractivity contribution in [1.29, 1.82) is 0 Å². The van der Waals surface area contributed by atoms with E-state index in [-0.39, 0.29) is 23.8 Å². The lowest BCUT2D eigenvalue weighted by Crippen LogP contribution is -2.42. The molecule has 0 bridgehead atoms. The SMILES string of the molecule is CCOC(=O)C1=C(C)N=C2SCCCN2C1c1cccc(NC(=O)C2CCCCC2)c1. The Morgan fingerprint density at radius 1 is 1.23 bits per heavy atom. The molecule has 1 N–H and O–H groups in total. The zero-order valence-corrected chi connectivity index (χ0v) is 19.2. The molecule has 7 heteroatoms. The van der Waals surface area contributed by atoms with Crippen LogP contribution in [0.4, 0.5) is 5.69 Å². The second-order valence-electron chi connectivity index (χ2n) is 8.36. The van der Waals surface area contributed by atoms with Crippen LogP contribution in [0.15, 0.2) is 40.5 Å². The van der Waals surface area contributed by atoms with Crippen molar-refractivity contribution in [3.8, 4) is 0 Å². The van der Waals surface area contributed by atoms with E-state index in [0.29, 0.717) is 17.9 Å². The first-order chi connectivity index (χ1) is 15.1. The molecular formula is C24H31N3O3S. The predicted octanol–water partition coefficient (Wildman–Crippen LogP) is 4.89.